The summed E-state index contributed by atoms with van der Waals surface area (Å²) in [4.78, 5) is 0. The van der Waals surface area contributed by atoms with E-state index >= 15 is 0 Å². The summed E-state index contributed by atoms with van der Waals surface area (Å²) in [7, 11) is 0. The molecule has 78 valence electrons. The van der Waals surface area contributed by atoms with Crippen LogP contribution in [0.5, 0.6) is 0 Å². The summed E-state index contributed by atoms with van der Waals surface area (Å²) in [5.74, 6) is 0.837. The number of hydrogen-bond donors (Lipinski definition) is 0. The number of ether oxygens (including phenoxy) is 1. The zero-order valence-corrected chi connectivity index (χ0v) is 9.22. The van der Waals surface area contributed by atoms with Crippen molar-refractivity contribution in [3.05, 3.63) is 0 Å². The fourth-order valence-electron chi connectivity index (χ4n) is 1.87. The number of rotatable bonds is 5. The van der Waals surface area contributed by atoms with E-state index in [1.807, 2.05) is 0 Å². The molecule has 0 N–H and O–H groups in total. The molecule has 0 aromatic carbocycles. The van der Waals surface area contributed by atoms with Gasteiger partial charge in [-0.25, -0.2) is 0 Å². The summed E-state index contributed by atoms with van der Waals surface area (Å²) < 4.78 is 5.86. The molecule has 0 heterocycles. The molecule has 0 aromatic rings. The van der Waals surface area contributed by atoms with Crippen LogP contribution in [0, 0.1) is 5.92 Å². The van der Waals surface area contributed by atoms with Crippen LogP contribution in [0.15, 0.2) is 0 Å². The largest absolute Gasteiger partial charge is 0.378 e. The Labute approximate surface area is 82.9 Å². The minimum Gasteiger partial charge on any atom is -0.378 e. The van der Waals surface area contributed by atoms with Crippen LogP contribution >= 0.6 is 0 Å². The molecule has 1 rings (SSSR count). The van der Waals surface area contributed by atoms with Gasteiger partial charge in [0.1, 0.15) is 0 Å². The third-order valence-electron chi connectivity index (χ3n) is 3.21. The average molecular weight is 184 g/mol. The first-order valence-corrected chi connectivity index (χ1v) is 5.94. The smallest absolute Gasteiger partial charge is 0.0575 e. The van der Waals surface area contributed by atoms with Gasteiger partial charge < -0.3 is 4.74 Å². The monoisotopic (exact) mass is 184 g/mol. The molecule has 1 fully saturated rings. The van der Waals surface area contributed by atoms with Gasteiger partial charge in [-0.1, -0.05) is 39.5 Å². The average Bonchev–Trinajstić information content (AvgIpc) is 2.19. The minimum atomic E-state index is 0.595. The summed E-state index contributed by atoms with van der Waals surface area (Å²) in [5.41, 5.74) is 0. The van der Waals surface area contributed by atoms with Crippen LogP contribution in [-0.2, 0) is 4.74 Å². The highest BCUT2D eigenvalue weighted by Crippen LogP contribution is 2.20. The Morgan fingerprint density at radius 3 is 2.54 bits per heavy atom. The zero-order chi connectivity index (χ0) is 9.52. The Morgan fingerprint density at radius 1 is 1.23 bits per heavy atom. The highest BCUT2D eigenvalue weighted by atomic mass is 16.5. The predicted octanol–water partition coefficient (Wildman–Crippen LogP) is 3.77. The Hall–Kier alpha value is -0.0400. The maximum absolute atomic E-state index is 5.86. The summed E-state index contributed by atoms with van der Waals surface area (Å²) >= 11 is 0. The fourth-order valence-corrected chi connectivity index (χ4v) is 1.87. The molecule has 1 aliphatic carbocycles. The van der Waals surface area contributed by atoms with E-state index in [1.54, 1.807) is 0 Å². The summed E-state index contributed by atoms with van der Waals surface area (Å²) in [6.07, 6.45) is 9.92. The Morgan fingerprint density at radius 2 is 1.92 bits per heavy atom. The quantitative estimate of drug-likeness (QED) is 0.632. The lowest BCUT2D eigenvalue weighted by Gasteiger charge is -2.22. The third-order valence-corrected chi connectivity index (χ3v) is 3.21. The molecule has 0 radical (unpaired) electrons. The SMILES string of the molecule is CCC(C)CCOC1CCCCC1. The molecule has 0 aliphatic heterocycles. The lowest BCUT2D eigenvalue weighted by atomic mass is 9.98. The molecule has 0 saturated heterocycles. The predicted molar refractivity (Wildman–Crippen MR) is 56.9 cm³/mol. The van der Waals surface area contributed by atoms with Gasteiger partial charge >= 0.3 is 0 Å². The maximum Gasteiger partial charge on any atom is 0.0575 e. The van der Waals surface area contributed by atoms with E-state index < -0.39 is 0 Å². The van der Waals surface area contributed by atoms with Gasteiger partial charge in [-0.15, -0.1) is 0 Å². The Bertz CT molecular complexity index is 116. The van der Waals surface area contributed by atoms with E-state index in [4.69, 9.17) is 4.74 Å². The van der Waals surface area contributed by atoms with Crippen molar-refractivity contribution in [2.75, 3.05) is 6.61 Å². The molecule has 13 heavy (non-hydrogen) atoms. The first-order chi connectivity index (χ1) is 6.33. The van der Waals surface area contributed by atoms with Crippen molar-refractivity contribution in [3.63, 3.8) is 0 Å². The maximum atomic E-state index is 5.86. The topological polar surface area (TPSA) is 9.23 Å². The van der Waals surface area contributed by atoms with E-state index in [1.165, 1.54) is 44.9 Å². The van der Waals surface area contributed by atoms with Crippen molar-refractivity contribution < 1.29 is 4.74 Å². The van der Waals surface area contributed by atoms with Crippen LogP contribution in [0.2, 0.25) is 0 Å². The molecule has 0 amide bonds. The Kier molecular flexibility index (Phi) is 5.45. The standard InChI is InChI=1S/C12H24O/c1-3-11(2)9-10-13-12-7-5-4-6-8-12/h11-12H,3-10H2,1-2H3. The molecule has 1 saturated carbocycles. The van der Waals surface area contributed by atoms with Gasteiger partial charge in [0.15, 0.2) is 0 Å². The van der Waals surface area contributed by atoms with Gasteiger partial charge in [-0.2, -0.15) is 0 Å². The molecular formula is C12H24O. The normalized spacial score (nSPS) is 21.7. The van der Waals surface area contributed by atoms with Crippen molar-refractivity contribution in [3.8, 4) is 0 Å². The Balaban J connectivity index is 1.98. The van der Waals surface area contributed by atoms with Gasteiger partial charge in [-0.05, 0) is 25.2 Å². The van der Waals surface area contributed by atoms with Gasteiger partial charge in [0, 0.05) is 6.61 Å². The zero-order valence-electron chi connectivity index (χ0n) is 9.22. The first-order valence-electron chi connectivity index (χ1n) is 5.94. The summed E-state index contributed by atoms with van der Waals surface area (Å²) in [5, 5.41) is 0. The molecule has 1 atom stereocenters. The summed E-state index contributed by atoms with van der Waals surface area (Å²) in [6, 6.07) is 0. The highest BCUT2D eigenvalue weighted by molar-refractivity contribution is 4.65. The molecule has 1 heteroatoms. The molecule has 0 bridgehead atoms. The fraction of sp³-hybridized carbons (Fsp3) is 1.00. The molecule has 1 nitrogen and oxygen atoms in total. The van der Waals surface area contributed by atoms with Crippen LogP contribution in [-0.4, -0.2) is 12.7 Å². The molecule has 1 aliphatic rings. The molecule has 1 unspecified atom stereocenters. The van der Waals surface area contributed by atoms with Crippen LogP contribution in [0.3, 0.4) is 0 Å². The number of hydrogen-bond acceptors (Lipinski definition) is 1. The second kappa shape index (κ2) is 6.42. The van der Waals surface area contributed by atoms with Gasteiger partial charge in [-0.3, -0.25) is 0 Å². The van der Waals surface area contributed by atoms with Gasteiger partial charge in [0.25, 0.3) is 0 Å². The second-order valence-corrected chi connectivity index (χ2v) is 4.43. The molecular weight excluding hydrogens is 160 g/mol. The lowest BCUT2D eigenvalue weighted by Crippen LogP contribution is -2.17. The van der Waals surface area contributed by atoms with Crippen molar-refractivity contribution in [1.82, 2.24) is 0 Å². The second-order valence-electron chi connectivity index (χ2n) is 4.43. The third kappa shape index (κ3) is 4.66. The lowest BCUT2D eigenvalue weighted by molar-refractivity contribution is 0.0220. The van der Waals surface area contributed by atoms with Gasteiger partial charge in [0.2, 0.25) is 0 Å². The van der Waals surface area contributed by atoms with Crippen molar-refractivity contribution in [2.45, 2.75) is 64.9 Å². The minimum absolute atomic E-state index is 0.595. The van der Waals surface area contributed by atoms with E-state index in [-0.39, 0.29) is 0 Å². The van der Waals surface area contributed by atoms with Gasteiger partial charge in [0.05, 0.1) is 6.10 Å². The van der Waals surface area contributed by atoms with E-state index in [0.717, 1.165) is 12.5 Å². The van der Waals surface area contributed by atoms with Crippen LogP contribution in [0.4, 0.5) is 0 Å². The van der Waals surface area contributed by atoms with Crippen molar-refractivity contribution in [1.29, 1.82) is 0 Å². The van der Waals surface area contributed by atoms with Crippen LogP contribution in [0.1, 0.15) is 58.8 Å². The van der Waals surface area contributed by atoms with Crippen LogP contribution in [0.25, 0.3) is 0 Å². The van der Waals surface area contributed by atoms with Crippen molar-refractivity contribution >= 4 is 0 Å². The van der Waals surface area contributed by atoms with Crippen molar-refractivity contribution in [2.24, 2.45) is 5.92 Å². The van der Waals surface area contributed by atoms with E-state index in [9.17, 15) is 0 Å². The summed E-state index contributed by atoms with van der Waals surface area (Å²) in [6.45, 7) is 5.55. The molecule has 0 spiro atoms. The van der Waals surface area contributed by atoms with E-state index in [2.05, 4.69) is 13.8 Å². The van der Waals surface area contributed by atoms with Crippen LogP contribution < -0.4 is 0 Å². The highest BCUT2D eigenvalue weighted by Gasteiger charge is 2.13. The van der Waals surface area contributed by atoms with E-state index in [0.29, 0.717) is 6.10 Å². The first kappa shape index (κ1) is 11.0. The molecule has 0 aromatic heterocycles.